The van der Waals surface area contributed by atoms with E-state index in [-0.39, 0.29) is 6.04 Å². The van der Waals surface area contributed by atoms with Crippen LogP contribution in [-0.4, -0.2) is 11.6 Å². The van der Waals surface area contributed by atoms with Gasteiger partial charge in [-0.05, 0) is 39.3 Å². The number of pyridine rings is 1. The molecular weight excluding hydrogens is 248 g/mol. The first-order valence-electron chi connectivity index (χ1n) is 7.02. The fourth-order valence-corrected chi connectivity index (χ4v) is 2.29. The van der Waals surface area contributed by atoms with Gasteiger partial charge in [-0.1, -0.05) is 29.3 Å². The number of anilines is 1. The maximum atomic E-state index is 5.34. The Labute approximate surface area is 121 Å². The number of nitrogens with zero attached hydrogens (tertiary/aromatic N) is 1. The zero-order valence-corrected chi connectivity index (χ0v) is 12.6. The molecule has 0 spiro atoms. The average Bonchev–Trinajstić information content (AvgIpc) is 2.40. The first-order chi connectivity index (χ1) is 9.58. The van der Waals surface area contributed by atoms with E-state index >= 15 is 0 Å². The first-order valence-corrected chi connectivity index (χ1v) is 7.02. The van der Waals surface area contributed by atoms with Gasteiger partial charge in [-0.25, -0.2) is 4.98 Å². The van der Waals surface area contributed by atoms with E-state index in [1.54, 1.807) is 0 Å². The summed E-state index contributed by atoms with van der Waals surface area (Å²) in [6.45, 7) is 9.00. The van der Waals surface area contributed by atoms with Crippen molar-refractivity contribution < 1.29 is 4.74 Å². The monoisotopic (exact) mass is 270 g/mol. The van der Waals surface area contributed by atoms with Crippen molar-refractivity contribution in [3.05, 3.63) is 53.2 Å². The van der Waals surface area contributed by atoms with Crippen molar-refractivity contribution in [2.45, 2.75) is 33.7 Å². The second-order valence-corrected chi connectivity index (χ2v) is 5.11. The lowest BCUT2D eigenvalue weighted by Gasteiger charge is -2.17. The third-order valence-electron chi connectivity index (χ3n) is 3.16. The Morgan fingerprint density at radius 3 is 2.40 bits per heavy atom. The molecular formula is C17H22N2O. The Morgan fingerprint density at radius 2 is 1.85 bits per heavy atom. The zero-order valence-electron chi connectivity index (χ0n) is 12.6. The van der Waals surface area contributed by atoms with Gasteiger partial charge in [0.2, 0.25) is 5.88 Å². The molecule has 2 aromatic rings. The van der Waals surface area contributed by atoms with Crippen molar-refractivity contribution in [2.75, 3.05) is 11.9 Å². The quantitative estimate of drug-likeness (QED) is 0.881. The van der Waals surface area contributed by atoms with Crippen LogP contribution >= 0.6 is 0 Å². The summed E-state index contributed by atoms with van der Waals surface area (Å²) in [5.74, 6) is 0.664. The highest BCUT2D eigenvalue weighted by Crippen LogP contribution is 2.22. The van der Waals surface area contributed by atoms with Crippen LogP contribution in [0.2, 0.25) is 0 Å². The summed E-state index contributed by atoms with van der Waals surface area (Å²) in [5, 5.41) is 3.46. The molecule has 0 saturated carbocycles. The fourth-order valence-electron chi connectivity index (χ4n) is 2.29. The summed E-state index contributed by atoms with van der Waals surface area (Å²) < 4.78 is 5.34. The topological polar surface area (TPSA) is 34.1 Å². The standard InChI is InChI=1S/C17H22N2O/c1-5-20-17-7-6-16(11-18-17)19-14(4)15-9-12(2)8-13(3)10-15/h6-11,14,19H,5H2,1-4H3. The molecule has 3 heteroatoms. The van der Waals surface area contributed by atoms with Crippen molar-refractivity contribution >= 4 is 5.69 Å². The summed E-state index contributed by atoms with van der Waals surface area (Å²) >= 11 is 0. The van der Waals surface area contributed by atoms with Crippen molar-refractivity contribution in [1.82, 2.24) is 4.98 Å². The van der Waals surface area contributed by atoms with Crippen LogP contribution in [0.15, 0.2) is 36.5 Å². The number of aryl methyl sites for hydroxylation is 2. The molecule has 3 nitrogen and oxygen atoms in total. The summed E-state index contributed by atoms with van der Waals surface area (Å²) in [4.78, 5) is 4.27. The van der Waals surface area contributed by atoms with Crippen molar-refractivity contribution in [3.63, 3.8) is 0 Å². The van der Waals surface area contributed by atoms with Gasteiger partial charge in [0.25, 0.3) is 0 Å². The second-order valence-electron chi connectivity index (χ2n) is 5.11. The molecule has 1 atom stereocenters. The third kappa shape index (κ3) is 3.73. The second kappa shape index (κ2) is 6.42. The first kappa shape index (κ1) is 14.4. The van der Waals surface area contributed by atoms with Gasteiger partial charge in [-0.3, -0.25) is 0 Å². The zero-order chi connectivity index (χ0) is 14.5. The Morgan fingerprint density at radius 1 is 1.15 bits per heavy atom. The smallest absolute Gasteiger partial charge is 0.213 e. The minimum Gasteiger partial charge on any atom is -0.478 e. The molecule has 2 rings (SSSR count). The normalized spacial score (nSPS) is 12.0. The predicted octanol–water partition coefficient (Wildman–Crippen LogP) is 4.27. The Balaban J connectivity index is 2.08. The largest absolute Gasteiger partial charge is 0.478 e. The van der Waals surface area contributed by atoms with Gasteiger partial charge in [0.15, 0.2) is 0 Å². The number of aromatic nitrogens is 1. The number of benzene rings is 1. The van der Waals surface area contributed by atoms with Gasteiger partial charge in [-0.15, -0.1) is 0 Å². The van der Waals surface area contributed by atoms with E-state index in [1.807, 2.05) is 25.3 Å². The fraction of sp³-hybridized carbons (Fsp3) is 0.353. The molecule has 106 valence electrons. The third-order valence-corrected chi connectivity index (χ3v) is 3.16. The average molecular weight is 270 g/mol. The molecule has 0 amide bonds. The van der Waals surface area contributed by atoms with E-state index in [4.69, 9.17) is 4.74 Å². The van der Waals surface area contributed by atoms with Crippen LogP contribution in [0, 0.1) is 13.8 Å². The van der Waals surface area contributed by atoms with Gasteiger partial charge in [0.05, 0.1) is 18.5 Å². The molecule has 0 aliphatic heterocycles. The van der Waals surface area contributed by atoms with Gasteiger partial charge >= 0.3 is 0 Å². The van der Waals surface area contributed by atoms with Crippen LogP contribution in [-0.2, 0) is 0 Å². The molecule has 0 saturated heterocycles. The molecule has 20 heavy (non-hydrogen) atoms. The molecule has 1 aromatic heterocycles. The minimum atomic E-state index is 0.244. The Hall–Kier alpha value is -2.03. The van der Waals surface area contributed by atoms with Crippen LogP contribution in [0.5, 0.6) is 5.88 Å². The summed E-state index contributed by atoms with van der Waals surface area (Å²) in [6, 6.07) is 10.7. The van der Waals surface area contributed by atoms with E-state index in [0.29, 0.717) is 12.5 Å². The molecule has 1 N–H and O–H groups in total. The number of hydrogen-bond acceptors (Lipinski definition) is 3. The maximum absolute atomic E-state index is 5.34. The Bertz CT molecular complexity index is 543. The molecule has 1 heterocycles. The van der Waals surface area contributed by atoms with E-state index in [1.165, 1.54) is 16.7 Å². The van der Waals surface area contributed by atoms with Crippen LogP contribution in [0.4, 0.5) is 5.69 Å². The maximum Gasteiger partial charge on any atom is 0.213 e. The number of ether oxygens (including phenoxy) is 1. The van der Waals surface area contributed by atoms with E-state index < -0.39 is 0 Å². The highest BCUT2D eigenvalue weighted by atomic mass is 16.5. The predicted molar refractivity (Wildman–Crippen MR) is 83.4 cm³/mol. The van der Waals surface area contributed by atoms with Gasteiger partial charge in [0.1, 0.15) is 0 Å². The van der Waals surface area contributed by atoms with Crippen LogP contribution in [0.25, 0.3) is 0 Å². The van der Waals surface area contributed by atoms with Crippen molar-refractivity contribution in [2.24, 2.45) is 0 Å². The summed E-state index contributed by atoms with van der Waals surface area (Å²) in [7, 11) is 0. The number of hydrogen-bond donors (Lipinski definition) is 1. The van der Waals surface area contributed by atoms with Gasteiger partial charge in [0, 0.05) is 12.1 Å². The lowest BCUT2D eigenvalue weighted by molar-refractivity contribution is 0.327. The lowest BCUT2D eigenvalue weighted by Crippen LogP contribution is -2.07. The molecule has 0 aliphatic carbocycles. The van der Waals surface area contributed by atoms with E-state index in [0.717, 1.165) is 5.69 Å². The Kier molecular flexibility index (Phi) is 4.61. The van der Waals surface area contributed by atoms with Gasteiger partial charge < -0.3 is 10.1 Å². The molecule has 1 unspecified atom stereocenters. The van der Waals surface area contributed by atoms with E-state index in [2.05, 4.69) is 49.3 Å². The van der Waals surface area contributed by atoms with Crippen LogP contribution in [0.1, 0.15) is 36.6 Å². The number of rotatable bonds is 5. The molecule has 1 aromatic carbocycles. The SMILES string of the molecule is CCOc1ccc(NC(C)c2cc(C)cc(C)c2)cn1. The molecule has 0 aliphatic rings. The van der Waals surface area contributed by atoms with Gasteiger partial charge in [-0.2, -0.15) is 0 Å². The molecule has 0 bridgehead atoms. The van der Waals surface area contributed by atoms with Crippen molar-refractivity contribution in [3.8, 4) is 5.88 Å². The highest BCUT2D eigenvalue weighted by Gasteiger charge is 2.07. The minimum absolute atomic E-state index is 0.244. The van der Waals surface area contributed by atoms with E-state index in [9.17, 15) is 0 Å². The summed E-state index contributed by atoms with van der Waals surface area (Å²) in [5.41, 5.74) is 4.87. The van der Waals surface area contributed by atoms with Crippen molar-refractivity contribution in [1.29, 1.82) is 0 Å². The molecule has 0 fully saturated rings. The molecule has 0 radical (unpaired) electrons. The highest BCUT2D eigenvalue weighted by molar-refractivity contribution is 5.45. The lowest BCUT2D eigenvalue weighted by atomic mass is 10.0. The number of nitrogens with one attached hydrogen (secondary N) is 1. The van der Waals surface area contributed by atoms with Crippen LogP contribution in [0.3, 0.4) is 0 Å². The summed E-state index contributed by atoms with van der Waals surface area (Å²) in [6.07, 6.45) is 1.81. The van der Waals surface area contributed by atoms with Crippen LogP contribution < -0.4 is 10.1 Å².